The van der Waals surface area contributed by atoms with Crippen molar-refractivity contribution in [2.45, 2.75) is 19.1 Å². The fourth-order valence-corrected chi connectivity index (χ4v) is 2.80. The largest absolute Gasteiger partial charge is 0.340 e. The summed E-state index contributed by atoms with van der Waals surface area (Å²) in [5.41, 5.74) is 0. The fraction of sp³-hybridized carbons (Fsp3) is 0.778. The molecule has 1 heterocycles. The second-order valence-corrected chi connectivity index (χ2v) is 5.97. The number of amides is 1. The maximum atomic E-state index is 11.8. The predicted molar refractivity (Wildman–Crippen MR) is 57.8 cm³/mol. The maximum absolute atomic E-state index is 11.8. The summed E-state index contributed by atoms with van der Waals surface area (Å²) in [4.78, 5) is 12.7. The van der Waals surface area contributed by atoms with Gasteiger partial charge in [-0.15, -0.1) is 0 Å². The van der Waals surface area contributed by atoms with Gasteiger partial charge in [-0.2, -0.15) is 9.57 Å². The molecule has 0 aliphatic carbocycles. The maximum Gasteiger partial charge on any atom is 0.230 e. The molecule has 1 amide bonds. The van der Waals surface area contributed by atoms with E-state index in [0.29, 0.717) is 13.1 Å². The average Bonchev–Trinajstić information content (AvgIpc) is 2.28. The third kappa shape index (κ3) is 2.51. The Balaban J connectivity index is 2.68. The molecule has 6 nitrogen and oxygen atoms in total. The summed E-state index contributed by atoms with van der Waals surface area (Å²) >= 11 is 0. The monoisotopic (exact) mass is 245 g/mol. The van der Waals surface area contributed by atoms with Gasteiger partial charge in [0.25, 0.3) is 0 Å². The Bertz CT molecular complexity index is 404. The molecule has 7 heteroatoms. The lowest BCUT2D eigenvalue weighted by molar-refractivity contribution is -0.129. The van der Waals surface area contributed by atoms with E-state index in [4.69, 9.17) is 5.26 Å². The number of carbonyl (C=O) groups is 1. The van der Waals surface area contributed by atoms with Crippen LogP contribution in [0.3, 0.4) is 0 Å². The molecule has 90 valence electrons. The third-order valence-corrected chi connectivity index (χ3v) is 4.76. The third-order valence-electron chi connectivity index (χ3n) is 2.67. The van der Waals surface area contributed by atoms with Gasteiger partial charge in [0, 0.05) is 33.1 Å². The van der Waals surface area contributed by atoms with E-state index in [1.165, 1.54) is 18.2 Å². The predicted octanol–water partition coefficient (Wildman–Crippen LogP) is -0.608. The zero-order valence-electron chi connectivity index (χ0n) is 9.38. The summed E-state index contributed by atoms with van der Waals surface area (Å²) in [5, 5.41) is 7.59. The van der Waals surface area contributed by atoms with Crippen molar-refractivity contribution in [2.75, 3.05) is 26.2 Å². The Morgan fingerprint density at radius 2 is 1.81 bits per heavy atom. The van der Waals surface area contributed by atoms with E-state index in [0.717, 1.165) is 0 Å². The first kappa shape index (κ1) is 12.9. The van der Waals surface area contributed by atoms with Gasteiger partial charge in [0.15, 0.2) is 5.25 Å². The Morgan fingerprint density at radius 1 is 1.31 bits per heavy atom. The first-order valence-corrected chi connectivity index (χ1v) is 6.54. The van der Waals surface area contributed by atoms with Gasteiger partial charge in [-0.25, -0.2) is 8.42 Å². The molecule has 0 spiro atoms. The molecule has 0 N–H and O–H groups in total. The SMILES string of the molecule is CC(=O)N1CCN(S(=O)(=O)C(C)C#N)CC1. The lowest BCUT2D eigenvalue weighted by Crippen LogP contribution is -2.51. The van der Waals surface area contributed by atoms with E-state index >= 15 is 0 Å². The molecule has 0 aromatic heterocycles. The number of piperazine rings is 1. The highest BCUT2D eigenvalue weighted by atomic mass is 32.2. The van der Waals surface area contributed by atoms with Crippen molar-refractivity contribution in [3.05, 3.63) is 0 Å². The molecule has 1 unspecified atom stereocenters. The quantitative estimate of drug-likeness (QED) is 0.650. The number of rotatable bonds is 2. The van der Waals surface area contributed by atoms with Crippen molar-refractivity contribution in [3.8, 4) is 6.07 Å². The minimum Gasteiger partial charge on any atom is -0.340 e. The molecule has 0 radical (unpaired) electrons. The van der Waals surface area contributed by atoms with Gasteiger partial charge < -0.3 is 4.90 Å². The number of hydrogen-bond donors (Lipinski definition) is 0. The molecule has 0 aromatic carbocycles. The summed E-state index contributed by atoms with van der Waals surface area (Å²) in [6, 6.07) is 1.73. The van der Waals surface area contributed by atoms with E-state index in [2.05, 4.69) is 0 Å². The molecule has 16 heavy (non-hydrogen) atoms. The number of sulfonamides is 1. The highest BCUT2D eigenvalue weighted by Gasteiger charge is 2.31. The van der Waals surface area contributed by atoms with Crippen molar-refractivity contribution in [1.29, 1.82) is 5.26 Å². The minimum atomic E-state index is -3.53. The van der Waals surface area contributed by atoms with Crippen LogP contribution in [-0.4, -0.2) is 55.0 Å². The summed E-state index contributed by atoms with van der Waals surface area (Å²) in [6.45, 7) is 4.16. The molecule has 1 rings (SSSR count). The number of hydrogen-bond acceptors (Lipinski definition) is 4. The number of carbonyl (C=O) groups excluding carboxylic acids is 1. The second-order valence-electron chi connectivity index (χ2n) is 3.72. The van der Waals surface area contributed by atoms with Gasteiger partial charge in [0.05, 0.1) is 6.07 Å². The lowest BCUT2D eigenvalue weighted by Gasteiger charge is -2.33. The second kappa shape index (κ2) is 4.80. The number of nitrogens with zero attached hydrogens (tertiary/aromatic N) is 3. The van der Waals surface area contributed by atoms with Crippen LogP contribution < -0.4 is 0 Å². The first-order valence-electron chi connectivity index (χ1n) is 5.03. The molecule has 1 atom stereocenters. The molecule has 0 bridgehead atoms. The normalized spacial score (nSPS) is 20.2. The van der Waals surface area contributed by atoms with E-state index in [1.807, 2.05) is 0 Å². The van der Waals surface area contributed by atoms with E-state index in [9.17, 15) is 13.2 Å². The van der Waals surface area contributed by atoms with Crippen LogP contribution in [0.2, 0.25) is 0 Å². The van der Waals surface area contributed by atoms with Crippen molar-refractivity contribution in [3.63, 3.8) is 0 Å². The van der Waals surface area contributed by atoms with Crippen LogP contribution in [0.5, 0.6) is 0 Å². The fourth-order valence-electron chi connectivity index (χ4n) is 1.55. The van der Waals surface area contributed by atoms with Crippen LogP contribution in [0.1, 0.15) is 13.8 Å². The average molecular weight is 245 g/mol. The molecule has 1 aliphatic rings. The minimum absolute atomic E-state index is 0.0506. The summed E-state index contributed by atoms with van der Waals surface area (Å²) in [7, 11) is -3.53. The van der Waals surface area contributed by atoms with Crippen LogP contribution in [0, 0.1) is 11.3 Å². The zero-order valence-corrected chi connectivity index (χ0v) is 10.2. The van der Waals surface area contributed by atoms with E-state index in [-0.39, 0.29) is 19.0 Å². The molecule has 0 aromatic rings. The van der Waals surface area contributed by atoms with Crippen LogP contribution in [0.25, 0.3) is 0 Å². The summed E-state index contributed by atoms with van der Waals surface area (Å²) in [5.74, 6) is -0.0506. The molecule has 0 saturated carbocycles. The first-order chi connectivity index (χ1) is 7.39. The Morgan fingerprint density at radius 3 is 2.19 bits per heavy atom. The van der Waals surface area contributed by atoms with Crippen molar-refractivity contribution < 1.29 is 13.2 Å². The van der Waals surface area contributed by atoms with E-state index in [1.54, 1.807) is 11.0 Å². The van der Waals surface area contributed by atoms with Crippen LogP contribution in [0.4, 0.5) is 0 Å². The van der Waals surface area contributed by atoms with Crippen molar-refractivity contribution >= 4 is 15.9 Å². The van der Waals surface area contributed by atoms with Crippen LogP contribution in [0.15, 0.2) is 0 Å². The molecular weight excluding hydrogens is 230 g/mol. The molecular formula is C9H15N3O3S. The van der Waals surface area contributed by atoms with Gasteiger partial charge in [-0.05, 0) is 6.92 Å². The molecule has 1 aliphatic heterocycles. The molecule has 1 fully saturated rings. The number of nitriles is 1. The van der Waals surface area contributed by atoms with Gasteiger partial charge in [0.1, 0.15) is 0 Å². The smallest absolute Gasteiger partial charge is 0.230 e. The zero-order chi connectivity index (χ0) is 12.3. The Labute approximate surface area is 95.5 Å². The van der Waals surface area contributed by atoms with E-state index < -0.39 is 15.3 Å². The summed E-state index contributed by atoms with van der Waals surface area (Å²) < 4.78 is 24.9. The molecule has 1 saturated heterocycles. The van der Waals surface area contributed by atoms with Crippen molar-refractivity contribution in [2.24, 2.45) is 0 Å². The Hall–Kier alpha value is -1.13. The highest BCUT2D eigenvalue weighted by molar-refractivity contribution is 7.89. The highest BCUT2D eigenvalue weighted by Crippen LogP contribution is 2.12. The van der Waals surface area contributed by atoms with Crippen LogP contribution >= 0.6 is 0 Å². The lowest BCUT2D eigenvalue weighted by atomic mass is 10.3. The van der Waals surface area contributed by atoms with Gasteiger partial charge in [-0.1, -0.05) is 0 Å². The van der Waals surface area contributed by atoms with Gasteiger partial charge in [0.2, 0.25) is 15.9 Å². The van der Waals surface area contributed by atoms with Crippen molar-refractivity contribution in [1.82, 2.24) is 9.21 Å². The van der Waals surface area contributed by atoms with Gasteiger partial charge >= 0.3 is 0 Å². The van der Waals surface area contributed by atoms with Gasteiger partial charge in [-0.3, -0.25) is 4.79 Å². The standard InChI is InChI=1S/C9H15N3O3S/c1-8(7-10)16(14,15)12-5-3-11(4-6-12)9(2)13/h8H,3-6H2,1-2H3. The summed E-state index contributed by atoms with van der Waals surface area (Å²) in [6.07, 6.45) is 0. The van der Waals surface area contributed by atoms with Crippen LogP contribution in [-0.2, 0) is 14.8 Å². The Kier molecular flexibility index (Phi) is 3.88. The topological polar surface area (TPSA) is 81.5 Å².